The minimum Gasteiger partial charge on any atom is -0.495 e. The molecule has 1 aromatic heterocycles. The summed E-state index contributed by atoms with van der Waals surface area (Å²) >= 11 is 0. The van der Waals surface area contributed by atoms with Gasteiger partial charge in [0.25, 0.3) is 11.5 Å². The Hall–Kier alpha value is -3.87. The second kappa shape index (κ2) is 9.95. The summed E-state index contributed by atoms with van der Waals surface area (Å²) in [6.45, 7) is 6.59. The molecule has 2 heterocycles. The fourth-order valence-corrected chi connectivity index (χ4v) is 4.55. The predicted octanol–water partition coefficient (Wildman–Crippen LogP) is 4.00. The van der Waals surface area contributed by atoms with Crippen LogP contribution in [-0.4, -0.2) is 45.7 Å². The Labute approximate surface area is 199 Å². The summed E-state index contributed by atoms with van der Waals surface area (Å²) in [5.41, 5.74) is 1.53. The number of rotatable bonds is 7. The van der Waals surface area contributed by atoms with Crippen molar-refractivity contribution >= 4 is 5.91 Å². The predicted molar refractivity (Wildman–Crippen MR) is 131 cm³/mol. The van der Waals surface area contributed by atoms with Gasteiger partial charge in [-0.3, -0.25) is 14.2 Å². The number of carbonyl (C=O) groups is 1. The Kier molecular flexibility index (Phi) is 6.82. The van der Waals surface area contributed by atoms with E-state index in [-0.39, 0.29) is 11.5 Å². The lowest BCUT2D eigenvalue weighted by atomic mass is 9.99. The zero-order valence-corrected chi connectivity index (χ0v) is 19.5. The summed E-state index contributed by atoms with van der Waals surface area (Å²) in [5.74, 6) is -0.0369. The third-order valence-corrected chi connectivity index (χ3v) is 6.31. The van der Waals surface area contributed by atoms with Gasteiger partial charge in [-0.05, 0) is 37.0 Å². The number of para-hydroxylation sites is 1. The van der Waals surface area contributed by atoms with E-state index in [0.29, 0.717) is 43.2 Å². The van der Waals surface area contributed by atoms with E-state index in [2.05, 4.69) is 11.6 Å². The van der Waals surface area contributed by atoms with Crippen molar-refractivity contribution in [3.05, 3.63) is 94.1 Å². The highest BCUT2D eigenvalue weighted by atomic mass is 16.5. The average molecular weight is 460 g/mol. The van der Waals surface area contributed by atoms with Gasteiger partial charge in [0.1, 0.15) is 11.6 Å². The summed E-state index contributed by atoms with van der Waals surface area (Å²) < 4.78 is 6.92. The molecule has 176 valence electrons. The number of ether oxygens (including phenoxy) is 1. The molecular weight excluding hydrogens is 430 g/mol. The van der Waals surface area contributed by atoms with Crippen molar-refractivity contribution < 1.29 is 14.6 Å². The molecule has 1 N–H and O–H groups in total. The van der Waals surface area contributed by atoms with Gasteiger partial charge in [0, 0.05) is 25.4 Å². The number of carbonyl (C=O) groups excluding carboxylic acids is 1. The van der Waals surface area contributed by atoms with Crippen molar-refractivity contribution in [3.8, 4) is 17.3 Å². The van der Waals surface area contributed by atoms with E-state index >= 15 is 0 Å². The van der Waals surface area contributed by atoms with Crippen LogP contribution in [-0.2, 0) is 6.42 Å². The smallest absolute Gasteiger partial charge is 0.275 e. The number of hydrogen-bond acceptors (Lipinski definition) is 5. The van der Waals surface area contributed by atoms with E-state index in [1.54, 1.807) is 17.0 Å². The first-order valence-electron chi connectivity index (χ1n) is 11.4. The molecule has 0 saturated carbocycles. The maximum Gasteiger partial charge on any atom is 0.275 e. The van der Waals surface area contributed by atoms with Crippen molar-refractivity contribution in [1.82, 2.24) is 14.5 Å². The zero-order chi connectivity index (χ0) is 24.2. The SMILES string of the molecule is C=CCCc1nc(O)c(C(=O)N2CCC(c3ccccc3)C2)c(=O)n1-c1c(C)cccc1OC. The van der Waals surface area contributed by atoms with E-state index in [9.17, 15) is 14.7 Å². The summed E-state index contributed by atoms with van der Waals surface area (Å²) in [6.07, 6.45) is 3.44. The Morgan fingerprint density at radius 2 is 2.00 bits per heavy atom. The van der Waals surface area contributed by atoms with Crippen LogP contribution in [0, 0.1) is 6.92 Å². The fourth-order valence-electron chi connectivity index (χ4n) is 4.55. The molecule has 1 fully saturated rings. The maximum absolute atomic E-state index is 13.8. The molecule has 1 unspecified atom stereocenters. The number of amides is 1. The normalized spacial score (nSPS) is 15.4. The quantitative estimate of drug-likeness (QED) is 0.540. The lowest BCUT2D eigenvalue weighted by molar-refractivity contribution is 0.0784. The van der Waals surface area contributed by atoms with E-state index in [1.165, 1.54) is 11.7 Å². The summed E-state index contributed by atoms with van der Waals surface area (Å²) in [7, 11) is 1.53. The molecule has 1 aliphatic rings. The first kappa shape index (κ1) is 23.3. The van der Waals surface area contributed by atoms with Crippen molar-refractivity contribution in [3.63, 3.8) is 0 Å². The lowest BCUT2D eigenvalue weighted by Gasteiger charge is -2.21. The first-order chi connectivity index (χ1) is 16.5. The highest BCUT2D eigenvalue weighted by Gasteiger charge is 2.33. The average Bonchev–Trinajstić information content (AvgIpc) is 3.34. The summed E-state index contributed by atoms with van der Waals surface area (Å²) in [6, 6.07) is 15.5. The number of methoxy groups -OCH3 is 1. The van der Waals surface area contributed by atoms with Crippen LogP contribution in [0.3, 0.4) is 0 Å². The first-order valence-corrected chi connectivity index (χ1v) is 11.4. The number of hydrogen-bond donors (Lipinski definition) is 1. The molecule has 34 heavy (non-hydrogen) atoms. The minimum absolute atomic E-state index is 0.186. The van der Waals surface area contributed by atoms with Crippen LogP contribution in [0.5, 0.6) is 11.6 Å². The highest BCUT2D eigenvalue weighted by molar-refractivity contribution is 5.96. The Morgan fingerprint density at radius 3 is 2.71 bits per heavy atom. The largest absolute Gasteiger partial charge is 0.495 e. The summed E-state index contributed by atoms with van der Waals surface area (Å²) in [5, 5.41) is 10.7. The van der Waals surface area contributed by atoms with Gasteiger partial charge in [-0.1, -0.05) is 48.5 Å². The van der Waals surface area contributed by atoms with E-state index in [0.717, 1.165) is 17.5 Å². The van der Waals surface area contributed by atoms with E-state index < -0.39 is 17.3 Å². The monoisotopic (exact) mass is 459 g/mol. The third-order valence-electron chi connectivity index (χ3n) is 6.31. The molecule has 0 aliphatic carbocycles. The topological polar surface area (TPSA) is 84.7 Å². The van der Waals surface area contributed by atoms with Crippen molar-refractivity contribution in [1.29, 1.82) is 0 Å². The van der Waals surface area contributed by atoms with Crippen LogP contribution in [0.4, 0.5) is 0 Å². The molecule has 1 amide bonds. The molecule has 1 atom stereocenters. The van der Waals surface area contributed by atoms with Gasteiger partial charge < -0.3 is 14.7 Å². The molecule has 3 aromatic rings. The number of allylic oxidation sites excluding steroid dienone is 1. The van der Waals surface area contributed by atoms with Gasteiger partial charge >= 0.3 is 0 Å². The molecule has 0 bridgehead atoms. The van der Waals surface area contributed by atoms with Crippen LogP contribution < -0.4 is 10.3 Å². The molecule has 1 saturated heterocycles. The number of aryl methyl sites for hydroxylation is 2. The zero-order valence-electron chi connectivity index (χ0n) is 19.5. The van der Waals surface area contributed by atoms with Gasteiger partial charge in [0.05, 0.1) is 12.8 Å². The van der Waals surface area contributed by atoms with Gasteiger partial charge in [0.2, 0.25) is 5.88 Å². The van der Waals surface area contributed by atoms with Crippen LogP contribution in [0.25, 0.3) is 5.69 Å². The molecule has 0 radical (unpaired) electrons. The number of likely N-dealkylation sites (tertiary alicyclic amines) is 1. The minimum atomic E-state index is -0.604. The van der Waals surface area contributed by atoms with E-state index in [1.807, 2.05) is 49.4 Å². The lowest BCUT2D eigenvalue weighted by Crippen LogP contribution is -2.37. The second-order valence-corrected chi connectivity index (χ2v) is 8.47. The van der Waals surface area contributed by atoms with Crippen LogP contribution in [0.15, 0.2) is 66.0 Å². The fraction of sp³-hybridized carbons (Fsp3) is 0.296. The maximum atomic E-state index is 13.8. The molecule has 4 rings (SSSR count). The number of benzene rings is 2. The Morgan fingerprint density at radius 1 is 1.24 bits per heavy atom. The van der Waals surface area contributed by atoms with Crippen molar-refractivity contribution in [2.75, 3.05) is 20.2 Å². The summed E-state index contributed by atoms with van der Waals surface area (Å²) in [4.78, 5) is 33.2. The molecule has 2 aromatic carbocycles. The molecule has 1 aliphatic heterocycles. The molecular formula is C27H29N3O4. The standard InChI is InChI=1S/C27H29N3O4/c1-4-5-14-22-28-25(31)23(27(33)30(22)24-18(2)10-9-13-21(24)34-3)26(32)29-16-15-20(17-29)19-11-7-6-8-12-19/h4,6-13,20,31H,1,5,14-17H2,2-3H3. The van der Waals surface area contributed by atoms with Gasteiger partial charge in [-0.2, -0.15) is 4.98 Å². The Balaban J connectivity index is 1.79. The van der Waals surface area contributed by atoms with Crippen LogP contribution >= 0.6 is 0 Å². The van der Waals surface area contributed by atoms with E-state index in [4.69, 9.17) is 4.74 Å². The van der Waals surface area contributed by atoms with Crippen molar-refractivity contribution in [2.45, 2.75) is 32.1 Å². The van der Waals surface area contributed by atoms with Gasteiger partial charge in [-0.15, -0.1) is 6.58 Å². The van der Waals surface area contributed by atoms with Gasteiger partial charge in [-0.25, -0.2) is 0 Å². The van der Waals surface area contributed by atoms with Crippen LogP contribution in [0.2, 0.25) is 0 Å². The number of aromatic nitrogens is 2. The second-order valence-electron chi connectivity index (χ2n) is 8.47. The third kappa shape index (κ3) is 4.33. The molecule has 0 spiro atoms. The van der Waals surface area contributed by atoms with Crippen molar-refractivity contribution in [2.24, 2.45) is 0 Å². The highest BCUT2D eigenvalue weighted by Crippen LogP contribution is 2.30. The molecule has 7 heteroatoms. The van der Waals surface area contributed by atoms with Crippen LogP contribution in [0.1, 0.15) is 46.1 Å². The molecule has 7 nitrogen and oxygen atoms in total. The Bertz CT molecular complexity index is 1270. The van der Waals surface area contributed by atoms with Gasteiger partial charge in [0.15, 0.2) is 5.56 Å². The number of nitrogens with zero attached hydrogens (tertiary/aromatic N) is 3. The number of aromatic hydroxyl groups is 1.